The van der Waals surface area contributed by atoms with E-state index in [0.717, 1.165) is 6.07 Å². The Hall–Kier alpha value is -1.20. The van der Waals surface area contributed by atoms with Crippen molar-refractivity contribution in [2.45, 2.75) is 25.8 Å². The lowest BCUT2D eigenvalue weighted by molar-refractivity contribution is 0.0933. The Labute approximate surface area is 115 Å². The predicted molar refractivity (Wildman–Crippen MR) is 74.4 cm³/mol. The summed E-state index contributed by atoms with van der Waals surface area (Å²) in [6.45, 7) is 1.89. The van der Waals surface area contributed by atoms with Gasteiger partial charge in [-0.05, 0) is 24.6 Å². The van der Waals surface area contributed by atoms with Crippen molar-refractivity contribution in [2.75, 3.05) is 0 Å². The summed E-state index contributed by atoms with van der Waals surface area (Å²) in [5.74, 6) is -1.12. The molecule has 0 heterocycles. The molecule has 0 saturated carbocycles. The van der Waals surface area contributed by atoms with Crippen LogP contribution in [-0.2, 0) is 0 Å². The molecule has 0 radical (unpaired) electrons. The minimum atomic E-state index is -0.609. The zero-order valence-corrected chi connectivity index (χ0v) is 11.4. The molecule has 0 aliphatic heterocycles. The number of benzene rings is 1. The lowest BCUT2D eigenvalue weighted by atomic mass is 10.1. The van der Waals surface area contributed by atoms with E-state index in [1.807, 2.05) is 6.92 Å². The van der Waals surface area contributed by atoms with Gasteiger partial charge in [-0.3, -0.25) is 4.79 Å². The van der Waals surface area contributed by atoms with Crippen LogP contribution in [0.25, 0.3) is 0 Å². The summed E-state index contributed by atoms with van der Waals surface area (Å²) in [5, 5.41) is 2.99. The number of nitrogens with one attached hydrogen (secondary N) is 1. The molecule has 18 heavy (non-hydrogen) atoms. The average Bonchev–Trinajstić information content (AvgIpc) is 2.30. The molecular weight excluding hydrogens is 275 g/mol. The minimum absolute atomic E-state index is 0.0797. The van der Waals surface area contributed by atoms with E-state index in [9.17, 15) is 9.18 Å². The Morgan fingerprint density at radius 1 is 1.61 bits per heavy atom. The van der Waals surface area contributed by atoms with Crippen molar-refractivity contribution in [2.24, 2.45) is 5.73 Å². The first-order valence-corrected chi connectivity index (χ1v) is 6.26. The van der Waals surface area contributed by atoms with Gasteiger partial charge < -0.3 is 11.1 Å². The fraction of sp³-hybridized carbons (Fsp3) is 0.333. The van der Waals surface area contributed by atoms with Gasteiger partial charge in [-0.15, -0.1) is 0 Å². The van der Waals surface area contributed by atoms with Gasteiger partial charge in [0.2, 0.25) is 0 Å². The second kappa shape index (κ2) is 6.66. The maximum absolute atomic E-state index is 13.5. The molecule has 98 valence electrons. The zero-order chi connectivity index (χ0) is 13.7. The Morgan fingerprint density at radius 3 is 2.83 bits per heavy atom. The van der Waals surface area contributed by atoms with Crippen molar-refractivity contribution in [1.29, 1.82) is 0 Å². The fourth-order valence-electron chi connectivity index (χ4n) is 1.47. The van der Waals surface area contributed by atoms with Gasteiger partial charge in [0.1, 0.15) is 5.82 Å². The van der Waals surface area contributed by atoms with Crippen LogP contribution in [-0.4, -0.2) is 16.9 Å². The first-order valence-electron chi connectivity index (χ1n) is 5.48. The summed E-state index contributed by atoms with van der Waals surface area (Å²) in [6, 6.07) is 3.64. The molecule has 1 atom stereocenters. The van der Waals surface area contributed by atoms with Crippen LogP contribution in [0.15, 0.2) is 18.2 Å². The van der Waals surface area contributed by atoms with E-state index in [2.05, 4.69) is 5.32 Å². The number of halogens is 2. The number of carbonyl (C=O) groups excluding carboxylic acids is 1. The van der Waals surface area contributed by atoms with Crippen molar-refractivity contribution in [3.63, 3.8) is 0 Å². The SMILES string of the molecule is CCC(CC(N)=S)NC(=O)c1cc(Cl)ccc1F. The maximum atomic E-state index is 13.5. The smallest absolute Gasteiger partial charge is 0.254 e. The fourth-order valence-corrected chi connectivity index (χ4v) is 1.85. The van der Waals surface area contributed by atoms with E-state index in [0.29, 0.717) is 22.9 Å². The van der Waals surface area contributed by atoms with Gasteiger partial charge in [0.25, 0.3) is 5.91 Å². The molecule has 0 aliphatic rings. The molecule has 0 bridgehead atoms. The van der Waals surface area contributed by atoms with E-state index in [1.165, 1.54) is 12.1 Å². The van der Waals surface area contributed by atoms with Crippen LogP contribution in [0.5, 0.6) is 0 Å². The molecule has 0 fully saturated rings. The van der Waals surface area contributed by atoms with Gasteiger partial charge in [-0.2, -0.15) is 0 Å². The Balaban J connectivity index is 2.80. The number of thiocarbonyl (C=S) groups is 1. The van der Waals surface area contributed by atoms with E-state index in [1.54, 1.807) is 0 Å². The molecule has 1 unspecified atom stereocenters. The quantitative estimate of drug-likeness (QED) is 0.819. The van der Waals surface area contributed by atoms with Gasteiger partial charge >= 0.3 is 0 Å². The van der Waals surface area contributed by atoms with E-state index in [-0.39, 0.29) is 11.6 Å². The van der Waals surface area contributed by atoms with Gasteiger partial charge in [0.05, 0.1) is 10.6 Å². The van der Waals surface area contributed by atoms with Gasteiger partial charge in [0, 0.05) is 17.5 Å². The molecular formula is C12H14ClFN2OS. The van der Waals surface area contributed by atoms with E-state index >= 15 is 0 Å². The van der Waals surface area contributed by atoms with Crippen LogP contribution in [0.1, 0.15) is 30.1 Å². The molecule has 1 rings (SSSR count). The zero-order valence-electron chi connectivity index (χ0n) is 9.87. The highest BCUT2D eigenvalue weighted by molar-refractivity contribution is 7.80. The maximum Gasteiger partial charge on any atom is 0.254 e. The molecule has 0 aliphatic carbocycles. The van der Waals surface area contributed by atoms with Crippen molar-refractivity contribution < 1.29 is 9.18 Å². The first kappa shape index (κ1) is 14.9. The molecule has 3 nitrogen and oxygen atoms in total. The number of hydrogen-bond acceptors (Lipinski definition) is 2. The van der Waals surface area contributed by atoms with Gasteiger partial charge in [0.15, 0.2) is 0 Å². The van der Waals surface area contributed by atoms with E-state index < -0.39 is 11.7 Å². The summed E-state index contributed by atoms with van der Waals surface area (Å²) in [6.07, 6.45) is 1.05. The Morgan fingerprint density at radius 2 is 2.28 bits per heavy atom. The molecule has 1 aromatic rings. The van der Waals surface area contributed by atoms with Crippen molar-refractivity contribution >= 4 is 34.7 Å². The third kappa shape index (κ3) is 4.23. The largest absolute Gasteiger partial charge is 0.393 e. The highest BCUT2D eigenvalue weighted by Crippen LogP contribution is 2.15. The van der Waals surface area contributed by atoms with Crippen LogP contribution >= 0.6 is 23.8 Å². The monoisotopic (exact) mass is 288 g/mol. The number of carbonyl (C=O) groups is 1. The number of rotatable bonds is 5. The summed E-state index contributed by atoms with van der Waals surface area (Å²) >= 11 is 10.5. The third-order valence-electron chi connectivity index (χ3n) is 2.45. The summed E-state index contributed by atoms with van der Waals surface area (Å²) < 4.78 is 13.5. The van der Waals surface area contributed by atoms with Crippen LogP contribution < -0.4 is 11.1 Å². The standard InChI is InChI=1S/C12H14ClFN2OS/c1-2-8(6-11(15)18)16-12(17)9-5-7(13)3-4-10(9)14/h3-5,8H,2,6H2,1H3,(H2,15,18)(H,16,17). The molecule has 6 heteroatoms. The average molecular weight is 289 g/mol. The lowest BCUT2D eigenvalue weighted by Gasteiger charge is -2.16. The van der Waals surface area contributed by atoms with E-state index in [4.69, 9.17) is 29.6 Å². The van der Waals surface area contributed by atoms with Crippen LogP contribution in [0, 0.1) is 5.82 Å². The first-order chi connectivity index (χ1) is 8.43. The molecule has 3 N–H and O–H groups in total. The minimum Gasteiger partial charge on any atom is -0.393 e. The Kier molecular flexibility index (Phi) is 5.50. The molecule has 1 amide bonds. The van der Waals surface area contributed by atoms with Gasteiger partial charge in [-0.1, -0.05) is 30.7 Å². The third-order valence-corrected chi connectivity index (χ3v) is 2.85. The number of amides is 1. The molecule has 0 aromatic heterocycles. The van der Waals surface area contributed by atoms with Crippen LogP contribution in [0.3, 0.4) is 0 Å². The molecule has 1 aromatic carbocycles. The topological polar surface area (TPSA) is 55.1 Å². The number of nitrogens with two attached hydrogens (primary N) is 1. The predicted octanol–water partition coefficient (Wildman–Crippen LogP) is 2.66. The highest BCUT2D eigenvalue weighted by atomic mass is 35.5. The summed E-state index contributed by atoms with van der Waals surface area (Å²) in [4.78, 5) is 12.2. The second-order valence-electron chi connectivity index (χ2n) is 3.87. The van der Waals surface area contributed by atoms with Crippen LogP contribution in [0.2, 0.25) is 5.02 Å². The summed E-state index contributed by atoms with van der Waals surface area (Å²) in [7, 11) is 0. The van der Waals surface area contributed by atoms with Crippen molar-refractivity contribution in [3.8, 4) is 0 Å². The van der Waals surface area contributed by atoms with Crippen molar-refractivity contribution in [3.05, 3.63) is 34.6 Å². The van der Waals surface area contributed by atoms with Gasteiger partial charge in [-0.25, -0.2) is 4.39 Å². The second-order valence-corrected chi connectivity index (χ2v) is 4.83. The van der Waals surface area contributed by atoms with Crippen molar-refractivity contribution in [1.82, 2.24) is 5.32 Å². The van der Waals surface area contributed by atoms with Crippen LogP contribution in [0.4, 0.5) is 4.39 Å². The highest BCUT2D eigenvalue weighted by Gasteiger charge is 2.16. The molecule has 0 saturated heterocycles. The number of hydrogen-bond donors (Lipinski definition) is 2. The lowest BCUT2D eigenvalue weighted by Crippen LogP contribution is -2.37. The normalized spacial score (nSPS) is 11.9. The summed E-state index contributed by atoms with van der Waals surface area (Å²) in [5.41, 5.74) is 5.34. The molecule has 0 spiro atoms. The Bertz CT molecular complexity index is 467.